The van der Waals surface area contributed by atoms with E-state index in [-0.39, 0.29) is 6.42 Å². The molecule has 0 aromatic carbocycles. The van der Waals surface area contributed by atoms with Crippen molar-refractivity contribution in [3.05, 3.63) is 0 Å². The molecule has 0 aromatic rings. The van der Waals surface area contributed by atoms with E-state index in [1.165, 1.54) is 25.7 Å². The standard InChI is InChI=1S/C15H28F3N/c1-3-10-19-14(6-5-9-15(16,17)18)13-8-7-12(4-2)11-13/h12-14,19H,3-11H2,1-2H3. The van der Waals surface area contributed by atoms with Crippen LogP contribution in [0.25, 0.3) is 0 Å². The Morgan fingerprint density at radius 2 is 1.95 bits per heavy atom. The average Bonchev–Trinajstić information content (AvgIpc) is 2.80. The molecule has 19 heavy (non-hydrogen) atoms. The number of hydrogen-bond acceptors (Lipinski definition) is 1. The predicted octanol–water partition coefficient (Wildman–Crippen LogP) is 4.91. The summed E-state index contributed by atoms with van der Waals surface area (Å²) in [6, 6.07) is 0.291. The van der Waals surface area contributed by atoms with E-state index in [1.807, 2.05) is 0 Å². The molecule has 1 fully saturated rings. The molecule has 3 atom stereocenters. The third-order valence-corrected chi connectivity index (χ3v) is 4.36. The molecule has 114 valence electrons. The van der Waals surface area contributed by atoms with Gasteiger partial charge in [0.25, 0.3) is 0 Å². The van der Waals surface area contributed by atoms with Crippen LogP contribution in [0.5, 0.6) is 0 Å². The first-order valence-electron chi connectivity index (χ1n) is 7.76. The Labute approximate surface area is 115 Å². The molecule has 4 heteroatoms. The van der Waals surface area contributed by atoms with Gasteiger partial charge in [-0.15, -0.1) is 0 Å². The lowest BCUT2D eigenvalue weighted by molar-refractivity contribution is -0.136. The first-order chi connectivity index (χ1) is 8.96. The van der Waals surface area contributed by atoms with Gasteiger partial charge in [0.15, 0.2) is 0 Å². The van der Waals surface area contributed by atoms with Crippen LogP contribution in [0, 0.1) is 11.8 Å². The number of hydrogen-bond donors (Lipinski definition) is 1. The van der Waals surface area contributed by atoms with Crippen molar-refractivity contribution in [1.82, 2.24) is 5.32 Å². The molecule has 0 saturated heterocycles. The van der Waals surface area contributed by atoms with Crippen LogP contribution in [0.1, 0.15) is 65.2 Å². The van der Waals surface area contributed by atoms with Crippen molar-refractivity contribution < 1.29 is 13.2 Å². The quantitative estimate of drug-likeness (QED) is 0.665. The molecule has 0 aliphatic heterocycles. The Hall–Kier alpha value is -0.250. The minimum absolute atomic E-state index is 0.262. The largest absolute Gasteiger partial charge is 0.389 e. The molecule has 1 saturated carbocycles. The van der Waals surface area contributed by atoms with Crippen LogP contribution >= 0.6 is 0 Å². The number of halogens is 3. The molecule has 0 radical (unpaired) electrons. The second-order valence-corrected chi connectivity index (χ2v) is 5.92. The molecule has 0 aromatic heterocycles. The molecule has 0 heterocycles. The topological polar surface area (TPSA) is 12.0 Å². The molecule has 1 nitrogen and oxygen atoms in total. The van der Waals surface area contributed by atoms with E-state index in [0.29, 0.717) is 18.4 Å². The van der Waals surface area contributed by atoms with Crippen LogP contribution in [-0.2, 0) is 0 Å². The lowest BCUT2D eigenvalue weighted by atomic mass is 9.92. The molecule has 1 N–H and O–H groups in total. The fraction of sp³-hybridized carbons (Fsp3) is 1.00. The van der Waals surface area contributed by atoms with Crippen LogP contribution in [0.4, 0.5) is 13.2 Å². The van der Waals surface area contributed by atoms with Gasteiger partial charge in [0, 0.05) is 12.5 Å². The first kappa shape index (κ1) is 16.8. The molecule has 1 rings (SSSR count). The van der Waals surface area contributed by atoms with E-state index in [1.54, 1.807) is 0 Å². The van der Waals surface area contributed by atoms with Crippen LogP contribution in [-0.4, -0.2) is 18.8 Å². The second-order valence-electron chi connectivity index (χ2n) is 5.92. The summed E-state index contributed by atoms with van der Waals surface area (Å²) in [5.41, 5.74) is 0. The Bertz CT molecular complexity index is 240. The van der Waals surface area contributed by atoms with E-state index in [2.05, 4.69) is 19.2 Å². The summed E-state index contributed by atoms with van der Waals surface area (Å²) in [5.74, 6) is 1.38. The van der Waals surface area contributed by atoms with E-state index in [4.69, 9.17) is 0 Å². The zero-order valence-corrected chi connectivity index (χ0v) is 12.2. The molecule has 0 spiro atoms. The van der Waals surface area contributed by atoms with Gasteiger partial charge >= 0.3 is 6.18 Å². The van der Waals surface area contributed by atoms with Crippen LogP contribution in [0.3, 0.4) is 0 Å². The minimum atomic E-state index is -4.00. The lowest BCUT2D eigenvalue weighted by Gasteiger charge is -2.25. The summed E-state index contributed by atoms with van der Waals surface area (Å²) in [4.78, 5) is 0. The van der Waals surface area contributed by atoms with Crippen molar-refractivity contribution in [2.75, 3.05) is 6.54 Å². The highest BCUT2D eigenvalue weighted by atomic mass is 19.4. The predicted molar refractivity (Wildman–Crippen MR) is 73.1 cm³/mol. The van der Waals surface area contributed by atoms with Gasteiger partial charge in [0.1, 0.15) is 0 Å². The third kappa shape index (κ3) is 6.64. The molecular weight excluding hydrogens is 251 g/mol. The van der Waals surface area contributed by atoms with Gasteiger partial charge in [-0.05, 0) is 50.5 Å². The van der Waals surface area contributed by atoms with E-state index in [9.17, 15) is 13.2 Å². The fourth-order valence-corrected chi connectivity index (χ4v) is 3.21. The fourth-order valence-electron chi connectivity index (χ4n) is 3.21. The van der Waals surface area contributed by atoms with Crippen LogP contribution in [0.2, 0.25) is 0 Å². The van der Waals surface area contributed by atoms with Crippen molar-refractivity contribution >= 4 is 0 Å². The molecular formula is C15H28F3N. The first-order valence-corrected chi connectivity index (χ1v) is 7.76. The van der Waals surface area contributed by atoms with Gasteiger partial charge in [-0.1, -0.05) is 26.7 Å². The summed E-state index contributed by atoms with van der Waals surface area (Å²) in [6.45, 7) is 5.23. The van der Waals surface area contributed by atoms with Crippen molar-refractivity contribution in [2.45, 2.75) is 77.4 Å². The summed E-state index contributed by atoms with van der Waals surface area (Å²) in [7, 11) is 0. The van der Waals surface area contributed by atoms with Crippen molar-refractivity contribution in [3.63, 3.8) is 0 Å². The SMILES string of the molecule is CCCNC(CCCC(F)(F)F)C1CCC(CC)C1. The van der Waals surface area contributed by atoms with Crippen LogP contribution in [0.15, 0.2) is 0 Å². The summed E-state index contributed by atoms with van der Waals surface area (Å²) in [6.07, 6.45) is 2.18. The average molecular weight is 279 g/mol. The molecule has 0 amide bonds. The maximum absolute atomic E-state index is 12.2. The normalized spacial score (nSPS) is 25.7. The summed E-state index contributed by atoms with van der Waals surface area (Å²) >= 11 is 0. The van der Waals surface area contributed by atoms with Gasteiger partial charge in [-0.2, -0.15) is 13.2 Å². The smallest absolute Gasteiger partial charge is 0.314 e. The number of alkyl halides is 3. The number of rotatable bonds is 8. The second kappa shape index (κ2) is 8.13. The van der Waals surface area contributed by atoms with E-state index in [0.717, 1.165) is 18.9 Å². The van der Waals surface area contributed by atoms with Crippen molar-refractivity contribution in [1.29, 1.82) is 0 Å². The monoisotopic (exact) mass is 279 g/mol. The van der Waals surface area contributed by atoms with Gasteiger partial charge in [0.05, 0.1) is 0 Å². The van der Waals surface area contributed by atoms with Gasteiger partial charge in [-0.25, -0.2) is 0 Å². The molecule has 1 aliphatic carbocycles. The maximum atomic E-state index is 12.2. The zero-order valence-electron chi connectivity index (χ0n) is 12.2. The highest BCUT2D eigenvalue weighted by Gasteiger charge is 2.31. The van der Waals surface area contributed by atoms with Crippen LogP contribution < -0.4 is 5.32 Å². The lowest BCUT2D eigenvalue weighted by Crippen LogP contribution is -2.36. The third-order valence-electron chi connectivity index (χ3n) is 4.36. The Kier molecular flexibility index (Phi) is 7.19. The van der Waals surface area contributed by atoms with Gasteiger partial charge in [-0.3, -0.25) is 0 Å². The highest BCUT2D eigenvalue weighted by Crippen LogP contribution is 2.36. The van der Waals surface area contributed by atoms with Crippen molar-refractivity contribution in [3.8, 4) is 0 Å². The van der Waals surface area contributed by atoms with E-state index < -0.39 is 12.6 Å². The zero-order chi connectivity index (χ0) is 14.3. The Balaban J connectivity index is 2.38. The number of nitrogens with one attached hydrogen (secondary N) is 1. The summed E-state index contributed by atoms with van der Waals surface area (Å²) < 4.78 is 36.7. The molecule has 1 aliphatic rings. The highest BCUT2D eigenvalue weighted by molar-refractivity contribution is 4.84. The Morgan fingerprint density at radius 3 is 2.47 bits per heavy atom. The van der Waals surface area contributed by atoms with Gasteiger partial charge in [0.2, 0.25) is 0 Å². The summed E-state index contributed by atoms with van der Waals surface area (Å²) in [5, 5.41) is 3.47. The van der Waals surface area contributed by atoms with Crippen molar-refractivity contribution in [2.24, 2.45) is 11.8 Å². The molecule has 0 bridgehead atoms. The Morgan fingerprint density at radius 1 is 1.21 bits per heavy atom. The maximum Gasteiger partial charge on any atom is 0.389 e. The van der Waals surface area contributed by atoms with Gasteiger partial charge < -0.3 is 5.32 Å². The minimum Gasteiger partial charge on any atom is -0.314 e. The van der Waals surface area contributed by atoms with E-state index >= 15 is 0 Å². The molecule has 3 unspecified atom stereocenters.